The van der Waals surface area contributed by atoms with Crippen LogP contribution in [0.25, 0.3) is 6.08 Å². The number of halogens is 1. The maximum atomic E-state index is 12.0. The molecule has 0 bridgehead atoms. The van der Waals surface area contributed by atoms with E-state index in [9.17, 15) is 4.79 Å². The molecule has 1 N–H and O–H groups in total. The second-order valence-electron chi connectivity index (χ2n) is 4.47. The van der Waals surface area contributed by atoms with Crippen molar-refractivity contribution in [2.75, 3.05) is 26.7 Å². The van der Waals surface area contributed by atoms with Crippen LogP contribution in [0.3, 0.4) is 0 Å². The molecule has 1 aromatic rings. The number of likely N-dealkylation sites (tertiary alicyclic amines) is 1. The molecule has 3 nitrogen and oxygen atoms in total. The Labute approximate surface area is 116 Å². The first-order valence-corrected chi connectivity index (χ1v) is 7.25. The molecule has 1 unspecified atom stereocenters. The standard InChI is InChI=1S/C13H17ClN2OS/c1-15-8-10-6-7-16(9-10)13(17)5-3-11-2-4-12(14)18-11/h2-5,10,15H,6-9H2,1H3/b5-3+. The summed E-state index contributed by atoms with van der Waals surface area (Å²) in [6.45, 7) is 2.70. The van der Waals surface area contributed by atoms with Crippen LogP contribution in [-0.2, 0) is 4.79 Å². The first-order valence-electron chi connectivity index (χ1n) is 6.06. The third kappa shape index (κ3) is 3.57. The van der Waals surface area contributed by atoms with Crippen molar-refractivity contribution in [3.63, 3.8) is 0 Å². The monoisotopic (exact) mass is 284 g/mol. The normalized spacial score (nSPS) is 19.9. The van der Waals surface area contributed by atoms with Gasteiger partial charge in [0.05, 0.1) is 4.34 Å². The van der Waals surface area contributed by atoms with E-state index in [-0.39, 0.29) is 5.91 Å². The van der Waals surface area contributed by atoms with E-state index in [1.807, 2.05) is 30.2 Å². The first kappa shape index (κ1) is 13.6. The summed E-state index contributed by atoms with van der Waals surface area (Å²) in [7, 11) is 1.95. The Kier molecular flexibility index (Phi) is 4.80. The predicted molar refractivity (Wildman–Crippen MR) is 77.0 cm³/mol. The molecule has 0 aromatic carbocycles. The van der Waals surface area contributed by atoms with E-state index in [1.165, 1.54) is 11.3 Å². The number of nitrogens with zero attached hydrogens (tertiary/aromatic N) is 1. The molecule has 1 amide bonds. The summed E-state index contributed by atoms with van der Waals surface area (Å²) in [6, 6.07) is 3.76. The van der Waals surface area contributed by atoms with Crippen LogP contribution in [0, 0.1) is 5.92 Å². The van der Waals surface area contributed by atoms with Crippen LogP contribution in [0.5, 0.6) is 0 Å². The van der Waals surface area contributed by atoms with Crippen molar-refractivity contribution in [2.24, 2.45) is 5.92 Å². The van der Waals surface area contributed by atoms with Crippen LogP contribution in [0.15, 0.2) is 18.2 Å². The van der Waals surface area contributed by atoms with E-state index in [0.29, 0.717) is 5.92 Å². The quantitative estimate of drug-likeness (QED) is 0.862. The minimum Gasteiger partial charge on any atom is -0.339 e. The van der Waals surface area contributed by atoms with Crippen LogP contribution in [-0.4, -0.2) is 37.5 Å². The molecule has 0 radical (unpaired) electrons. The molecular formula is C13H17ClN2OS. The van der Waals surface area contributed by atoms with E-state index in [2.05, 4.69) is 5.32 Å². The molecule has 0 aliphatic carbocycles. The fraction of sp³-hybridized carbons (Fsp3) is 0.462. The summed E-state index contributed by atoms with van der Waals surface area (Å²) in [5, 5.41) is 3.16. The van der Waals surface area contributed by atoms with Crippen LogP contribution in [0.1, 0.15) is 11.3 Å². The van der Waals surface area contributed by atoms with Crippen LogP contribution < -0.4 is 5.32 Å². The van der Waals surface area contributed by atoms with Gasteiger partial charge in [-0.15, -0.1) is 11.3 Å². The van der Waals surface area contributed by atoms with E-state index in [1.54, 1.807) is 6.08 Å². The van der Waals surface area contributed by atoms with Gasteiger partial charge in [0.1, 0.15) is 0 Å². The molecule has 98 valence electrons. The highest BCUT2D eigenvalue weighted by Gasteiger charge is 2.24. The molecular weight excluding hydrogens is 268 g/mol. The van der Waals surface area contributed by atoms with Crippen LogP contribution in [0.4, 0.5) is 0 Å². The Morgan fingerprint density at radius 1 is 1.67 bits per heavy atom. The summed E-state index contributed by atoms with van der Waals surface area (Å²) in [5.74, 6) is 0.682. The summed E-state index contributed by atoms with van der Waals surface area (Å²) >= 11 is 7.32. The van der Waals surface area contributed by atoms with Crippen LogP contribution >= 0.6 is 22.9 Å². The number of hydrogen-bond acceptors (Lipinski definition) is 3. The number of carbonyl (C=O) groups is 1. The lowest BCUT2D eigenvalue weighted by atomic mass is 10.1. The van der Waals surface area contributed by atoms with E-state index in [4.69, 9.17) is 11.6 Å². The van der Waals surface area contributed by atoms with E-state index >= 15 is 0 Å². The van der Waals surface area contributed by atoms with Gasteiger partial charge in [-0.2, -0.15) is 0 Å². The lowest BCUT2D eigenvalue weighted by Gasteiger charge is -2.14. The highest BCUT2D eigenvalue weighted by Crippen LogP contribution is 2.22. The lowest BCUT2D eigenvalue weighted by molar-refractivity contribution is -0.125. The second kappa shape index (κ2) is 6.36. The SMILES string of the molecule is CNCC1CCN(C(=O)/C=C/c2ccc(Cl)s2)C1. The number of carbonyl (C=O) groups excluding carboxylic acids is 1. The molecule has 1 atom stereocenters. The van der Waals surface area contributed by atoms with Crippen LogP contribution in [0.2, 0.25) is 4.34 Å². The number of nitrogens with one attached hydrogen (secondary N) is 1. The van der Waals surface area contributed by atoms with Crippen molar-refractivity contribution in [1.82, 2.24) is 10.2 Å². The van der Waals surface area contributed by atoms with Gasteiger partial charge in [0.2, 0.25) is 5.91 Å². The zero-order valence-electron chi connectivity index (χ0n) is 10.4. The molecule has 5 heteroatoms. The number of rotatable bonds is 4. The lowest BCUT2D eigenvalue weighted by Crippen LogP contribution is -2.28. The van der Waals surface area contributed by atoms with Gasteiger partial charge in [-0.1, -0.05) is 11.6 Å². The average molecular weight is 285 g/mol. The third-order valence-corrected chi connectivity index (χ3v) is 4.27. The molecule has 0 saturated carbocycles. The molecule has 1 saturated heterocycles. The van der Waals surface area contributed by atoms with Crippen molar-refractivity contribution >= 4 is 34.9 Å². The molecule has 2 rings (SSSR count). The summed E-state index contributed by atoms with van der Waals surface area (Å²) in [6.07, 6.45) is 4.57. The Hall–Kier alpha value is -0.840. The van der Waals surface area contributed by atoms with Gasteiger partial charge < -0.3 is 10.2 Å². The van der Waals surface area contributed by atoms with Crippen molar-refractivity contribution in [3.05, 3.63) is 27.4 Å². The van der Waals surface area contributed by atoms with Gasteiger partial charge in [0.15, 0.2) is 0 Å². The van der Waals surface area contributed by atoms with Crippen molar-refractivity contribution in [1.29, 1.82) is 0 Å². The Bertz CT molecular complexity index is 444. The predicted octanol–water partition coefficient (Wildman–Crippen LogP) is 2.48. The zero-order valence-corrected chi connectivity index (χ0v) is 11.9. The number of thiophene rings is 1. The van der Waals surface area contributed by atoms with Gasteiger partial charge in [0, 0.05) is 24.0 Å². The minimum atomic E-state index is 0.0955. The molecule has 0 spiro atoms. The van der Waals surface area contributed by atoms with Crippen molar-refractivity contribution in [3.8, 4) is 0 Å². The highest BCUT2D eigenvalue weighted by molar-refractivity contribution is 7.17. The average Bonchev–Trinajstić information content (AvgIpc) is 2.96. The van der Waals surface area contributed by atoms with Crippen molar-refractivity contribution in [2.45, 2.75) is 6.42 Å². The fourth-order valence-electron chi connectivity index (χ4n) is 2.16. The Morgan fingerprint density at radius 3 is 3.17 bits per heavy atom. The summed E-state index contributed by atoms with van der Waals surface area (Å²) in [5.41, 5.74) is 0. The van der Waals surface area contributed by atoms with Gasteiger partial charge in [-0.05, 0) is 44.1 Å². The summed E-state index contributed by atoms with van der Waals surface area (Å²) < 4.78 is 0.748. The largest absolute Gasteiger partial charge is 0.339 e. The molecule has 18 heavy (non-hydrogen) atoms. The number of amides is 1. The maximum absolute atomic E-state index is 12.0. The fourth-order valence-corrected chi connectivity index (χ4v) is 3.13. The Morgan fingerprint density at radius 2 is 2.50 bits per heavy atom. The first-order chi connectivity index (χ1) is 8.69. The van der Waals surface area contributed by atoms with Gasteiger partial charge in [-0.3, -0.25) is 4.79 Å². The van der Waals surface area contributed by atoms with Gasteiger partial charge in [-0.25, -0.2) is 0 Å². The van der Waals surface area contributed by atoms with Crippen molar-refractivity contribution < 1.29 is 4.79 Å². The minimum absolute atomic E-state index is 0.0955. The van der Waals surface area contributed by atoms with E-state index in [0.717, 1.165) is 35.3 Å². The van der Waals surface area contributed by atoms with Gasteiger partial charge in [0.25, 0.3) is 0 Å². The smallest absolute Gasteiger partial charge is 0.246 e. The molecule has 1 aliphatic rings. The van der Waals surface area contributed by atoms with Gasteiger partial charge >= 0.3 is 0 Å². The highest BCUT2D eigenvalue weighted by atomic mass is 35.5. The summed E-state index contributed by atoms with van der Waals surface area (Å²) in [4.78, 5) is 14.9. The topological polar surface area (TPSA) is 32.3 Å². The number of hydrogen-bond donors (Lipinski definition) is 1. The molecule has 1 aliphatic heterocycles. The Balaban J connectivity index is 1.87. The molecule has 2 heterocycles. The molecule has 1 aromatic heterocycles. The third-order valence-electron chi connectivity index (χ3n) is 3.07. The van der Waals surface area contributed by atoms with E-state index < -0.39 is 0 Å². The maximum Gasteiger partial charge on any atom is 0.246 e. The zero-order chi connectivity index (χ0) is 13.0. The molecule has 1 fully saturated rings. The second-order valence-corrected chi connectivity index (χ2v) is 6.22.